The van der Waals surface area contributed by atoms with Crippen LogP contribution in [0.25, 0.3) is 0 Å². The van der Waals surface area contributed by atoms with Gasteiger partial charge in [0, 0.05) is 13.1 Å². The highest BCUT2D eigenvalue weighted by Crippen LogP contribution is 2.23. The number of esters is 1. The predicted molar refractivity (Wildman–Crippen MR) is 90.5 cm³/mol. The molecule has 1 fully saturated rings. The van der Waals surface area contributed by atoms with Gasteiger partial charge in [-0.3, -0.25) is 9.59 Å². The quantitative estimate of drug-likeness (QED) is 0.838. The van der Waals surface area contributed by atoms with Crippen LogP contribution < -0.4 is 5.32 Å². The lowest BCUT2D eigenvalue weighted by Crippen LogP contribution is -2.47. The Morgan fingerprint density at radius 2 is 1.88 bits per heavy atom. The third-order valence-electron chi connectivity index (χ3n) is 3.79. The Morgan fingerprint density at radius 3 is 2.44 bits per heavy atom. The van der Waals surface area contributed by atoms with Gasteiger partial charge in [0.2, 0.25) is 5.91 Å². The highest BCUT2D eigenvalue weighted by molar-refractivity contribution is 5.94. The van der Waals surface area contributed by atoms with Gasteiger partial charge in [0.05, 0.1) is 7.11 Å². The lowest BCUT2D eigenvalue weighted by molar-refractivity contribution is -0.146. The van der Waals surface area contributed by atoms with Crippen molar-refractivity contribution >= 4 is 18.0 Å². The van der Waals surface area contributed by atoms with Crippen LogP contribution in [-0.2, 0) is 25.6 Å². The van der Waals surface area contributed by atoms with Gasteiger partial charge in [-0.15, -0.1) is 0 Å². The highest BCUT2D eigenvalue weighted by Gasteiger charge is 2.46. The Bertz CT molecular complexity index is 639. The summed E-state index contributed by atoms with van der Waals surface area (Å²) >= 11 is 0. The van der Waals surface area contributed by atoms with E-state index in [9.17, 15) is 14.4 Å². The highest BCUT2D eigenvalue weighted by atomic mass is 16.6. The molecule has 1 aliphatic rings. The van der Waals surface area contributed by atoms with Crippen LogP contribution in [0.15, 0.2) is 30.3 Å². The molecule has 0 aromatic heterocycles. The molecule has 1 aromatic rings. The second-order valence-corrected chi connectivity index (χ2v) is 6.96. The van der Waals surface area contributed by atoms with E-state index in [4.69, 9.17) is 9.47 Å². The zero-order valence-electron chi connectivity index (χ0n) is 14.9. The van der Waals surface area contributed by atoms with Gasteiger partial charge in [-0.1, -0.05) is 30.3 Å². The summed E-state index contributed by atoms with van der Waals surface area (Å²) in [4.78, 5) is 38.3. The van der Waals surface area contributed by atoms with Crippen molar-refractivity contribution < 1.29 is 23.9 Å². The number of alkyl carbamates (subject to hydrolysis) is 1. The van der Waals surface area contributed by atoms with Gasteiger partial charge in [0.15, 0.2) is 0 Å². The third kappa shape index (κ3) is 4.95. The SMILES string of the molecule is COC(=O)C1CN(Cc2ccccc2)C(=O)C1NC(=O)OC(C)(C)C. The summed E-state index contributed by atoms with van der Waals surface area (Å²) in [7, 11) is 1.26. The number of nitrogens with zero attached hydrogens (tertiary/aromatic N) is 1. The zero-order valence-corrected chi connectivity index (χ0v) is 14.9. The normalized spacial score (nSPS) is 20.3. The van der Waals surface area contributed by atoms with Gasteiger partial charge in [0.1, 0.15) is 17.6 Å². The Hall–Kier alpha value is -2.57. The van der Waals surface area contributed by atoms with Crippen molar-refractivity contribution in [2.24, 2.45) is 5.92 Å². The minimum atomic E-state index is -0.994. The number of methoxy groups -OCH3 is 1. The van der Waals surface area contributed by atoms with E-state index in [1.54, 1.807) is 25.7 Å². The number of likely N-dealkylation sites (tertiary alicyclic amines) is 1. The number of amides is 2. The molecule has 136 valence electrons. The lowest BCUT2D eigenvalue weighted by Gasteiger charge is -2.22. The molecular formula is C18H24N2O5. The molecule has 2 amide bonds. The monoisotopic (exact) mass is 348 g/mol. The van der Waals surface area contributed by atoms with Gasteiger partial charge in [-0.05, 0) is 26.3 Å². The van der Waals surface area contributed by atoms with E-state index in [0.29, 0.717) is 6.54 Å². The summed E-state index contributed by atoms with van der Waals surface area (Å²) in [6, 6.07) is 8.45. The number of rotatable bonds is 4. The Kier molecular flexibility index (Phi) is 5.66. The molecule has 2 rings (SSSR count). The largest absolute Gasteiger partial charge is 0.469 e. The van der Waals surface area contributed by atoms with Crippen molar-refractivity contribution in [3.8, 4) is 0 Å². The van der Waals surface area contributed by atoms with Crippen LogP contribution in [0.2, 0.25) is 0 Å². The number of ether oxygens (including phenoxy) is 2. The fourth-order valence-electron chi connectivity index (χ4n) is 2.71. The van der Waals surface area contributed by atoms with Crippen molar-refractivity contribution in [3.63, 3.8) is 0 Å². The number of nitrogens with one attached hydrogen (secondary N) is 1. The van der Waals surface area contributed by atoms with E-state index in [-0.39, 0.29) is 12.5 Å². The van der Waals surface area contributed by atoms with Crippen molar-refractivity contribution in [2.45, 2.75) is 39.0 Å². The average Bonchev–Trinajstić information content (AvgIpc) is 2.83. The molecule has 7 nitrogen and oxygen atoms in total. The maximum absolute atomic E-state index is 12.7. The molecule has 2 unspecified atom stereocenters. The van der Waals surface area contributed by atoms with Crippen LogP contribution in [0.3, 0.4) is 0 Å². The minimum absolute atomic E-state index is 0.181. The van der Waals surface area contributed by atoms with Crippen LogP contribution in [-0.4, -0.2) is 48.2 Å². The number of carbonyl (C=O) groups excluding carboxylic acids is 3. The lowest BCUT2D eigenvalue weighted by atomic mass is 10.0. The fraction of sp³-hybridized carbons (Fsp3) is 0.500. The molecule has 2 atom stereocenters. The maximum atomic E-state index is 12.7. The molecule has 0 bridgehead atoms. The summed E-state index contributed by atoms with van der Waals surface area (Å²) in [5, 5.41) is 2.51. The fourth-order valence-corrected chi connectivity index (χ4v) is 2.71. The number of hydrogen-bond acceptors (Lipinski definition) is 5. The van der Waals surface area contributed by atoms with Crippen molar-refractivity contribution in [1.82, 2.24) is 10.2 Å². The molecule has 25 heavy (non-hydrogen) atoms. The van der Waals surface area contributed by atoms with Crippen LogP contribution in [0.5, 0.6) is 0 Å². The third-order valence-corrected chi connectivity index (χ3v) is 3.79. The molecule has 7 heteroatoms. The minimum Gasteiger partial charge on any atom is -0.469 e. The summed E-state index contributed by atoms with van der Waals surface area (Å²) in [5.74, 6) is -1.64. The molecule has 1 heterocycles. The van der Waals surface area contributed by atoms with Gasteiger partial charge < -0.3 is 19.7 Å². The van der Waals surface area contributed by atoms with E-state index >= 15 is 0 Å². The molecule has 1 saturated heterocycles. The van der Waals surface area contributed by atoms with Gasteiger partial charge in [-0.2, -0.15) is 0 Å². The molecule has 0 radical (unpaired) electrons. The number of carbonyl (C=O) groups is 3. The van der Waals surface area contributed by atoms with E-state index in [1.807, 2.05) is 30.3 Å². The Labute approximate surface area is 147 Å². The summed E-state index contributed by atoms with van der Waals surface area (Å²) < 4.78 is 9.97. The van der Waals surface area contributed by atoms with E-state index in [2.05, 4.69) is 5.32 Å². The van der Waals surface area contributed by atoms with Gasteiger partial charge >= 0.3 is 12.1 Å². The predicted octanol–water partition coefficient (Wildman–Crippen LogP) is 1.71. The molecular weight excluding hydrogens is 324 g/mol. The zero-order chi connectivity index (χ0) is 18.6. The Morgan fingerprint density at radius 1 is 1.24 bits per heavy atom. The smallest absolute Gasteiger partial charge is 0.408 e. The average molecular weight is 348 g/mol. The first-order chi connectivity index (χ1) is 11.7. The van der Waals surface area contributed by atoms with E-state index < -0.39 is 29.6 Å². The van der Waals surface area contributed by atoms with Crippen LogP contribution in [0.4, 0.5) is 4.79 Å². The van der Waals surface area contributed by atoms with Gasteiger partial charge in [-0.25, -0.2) is 4.79 Å². The summed E-state index contributed by atoms with van der Waals surface area (Å²) in [6.07, 6.45) is -0.735. The van der Waals surface area contributed by atoms with Crippen molar-refractivity contribution in [1.29, 1.82) is 0 Å². The summed E-state index contributed by atoms with van der Waals surface area (Å²) in [5.41, 5.74) is 0.244. The van der Waals surface area contributed by atoms with Crippen LogP contribution >= 0.6 is 0 Å². The second-order valence-electron chi connectivity index (χ2n) is 6.96. The first-order valence-electron chi connectivity index (χ1n) is 8.11. The first-order valence-corrected chi connectivity index (χ1v) is 8.11. The molecule has 0 aliphatic carbocycles. The molecule has 0 saturated carbocycles. The molecule has 1 aromatic carbocycles. The second kappa shape index (κ2) is 7.55. The molecule has 1 N–H and O–H groups in total. The molecule has 1 aliphatic heterocycles. The van der Waals surface area contributed by atoms with E-state index in [0.717, 1.165) is 5.56 Å². The number of benzene rings is 1. The van der Waals surface area contributed by atoms with E-state index in [1.165, 1.54) is 7.11 Å². The number of hydrogen-bond donors (Lipinski definition) is 1. The Balaban J connectivity index is 2.13. The standard InChI is InChI=1S/C18H24N2O5/c1-18(2,3)25-17(23)19-14-13(16(22)24-4)11-20(15(14)21)10-12-8-6-5-7-9-12/h5-9,13-14H,10-11H2,1-4H3,(H,19,23). The van der Waals surface area contributed by atoms with Crippen molar-refractivity contribution in [2.75, 3.05) is 13.7 Å². The maximum Gasteiger partial charge on any atom is 0.408 e. The van der Waals surface area contributed by atoms with Gasteiger partial charge in [0.25, 0.3) is 0 Å². The van der Waals surface area contributed by atoms with Crippen LogP contribution in [0.1, 0.15) is 26.3 Å². The molecule has 0 spiro atoms. The van der Waals surface area contributed by atoms with Crippen LogP contribution in [0, 0.1) is 5.92 Å². The topological polar surface area (TPSA) is 84.9 Å². The first kappa shape index (κ1) is 18.8. The van der Waals surface area contributed by atoms with Crippen molar-refractivity contribution in [3.05, 3.63) is 35.9 Å². The summed E-state index contributed by atoms with van der Waals surface area (Å²) in [6.45, 7) is 5.72.